The highest BCUT2D eigenvalue weighted by Crippen LogP contribution is 2.27. The first-order valence-corrected chi connectivity index (χ1v) is 6.30. The van der Waals surface area contributed by atoms with Crippen molar-refractivity contribution in [3.05, 3.63) is 16.0 Å². The molecule has 1 fully saturated rings. The lowest BCUT2D eigenvalue weighted by molar-refractivity contribution is 0.0538. The van der Waals surface area contributed by atoms with E-state index < -0.39 is 0 Å². The molecule has 1 N–H and O–H groups in total. The zero-order valence-corrected chi connectivity index (χ0v) is 11.3. The van der Waals surface area contributed by atoms with Crippen molar-refractivity contribution in [3.8, 4) is 0 Å². The van der Waals surface area contributed by atoms with Crippen LogP contribution in [0.4, 0.5) is 5.82 Å². The van der Waals surface area contributed by atoms with Gasteiger partial charge in [0.2, 0.25) is 5.28 Å². The maximum atomic E-state index is 5.77. The molecule has 1 aliphatic heterocycles. The van der Waals surface area contributed by atoms with Crippen LogP contribution in [-0.4, -0.2) is 28.7 Å². The highest BCUT2D eigenvalue weighted by Gasteiger charge is 2.28. The third-order valence-electron chi connectivity index (χ3n) is 2.57. The van der Waals surface area contributed by atoms with E-state index in [-0.39, 0.29) is 10.8 Å². The van der Waals surface area contributed by atoms with Gasteiger partial charge >= 0.3 is 0 Å². The molecular formula is C10H13BrClN3O. The van der Waals surface area contributed by atoms with E-state index in [1.54, 1.807) is 6.20 Å². The number of hydrogen-bond donors (Lipinski definition) is 1. The summed E-state index contributed by atoms with van der Waals surface area (Å²) in [5.41, 5.74) is -0.0849. The molecule has 0 aliphatic carbocycles. The van der Waals surface area contributed by atoms with E-state index in [4.69, 9.17) is 16.3 Å². The molecule has 4 nitrogen and oxygen atoms in total. The molecule has 1 aromatic rings. The second-order valence-corrected chi connectivity index (χ2v) is 5.37. The van der Waals surface area contributed by atoms with Crippen molar-refractivity contribution in [3.63, 3.8) is 0 Å². The Morgan fingerprint density at radius 1 is 1.62 bits per heavy atom. The molecule has 1 saturated heterocycles. The van der Waals surface area contributed by atoms with Crippen molar-refractivity contribution < 1.29 is 4.74 Å². The Morgan fingerprint density at radius 2 is 2.44 bits per heavy atom. The number of nitrogens with one attached hydrogen (secondary N) is 1. The lowest BCUT2D eigenvalue weighted by Gasteiger charge is -2.34. The Morgan fingerprint density at radius 3 is 3.12 bits per heavy atom. The Bertz CT molecular complexity index is 382. The summed E-state index contributed by atoms with van der Waals surface area (Å²) in [5, 5.41) is 3.60. The summed E-state index contributed by atoms with van der Waals surface area (Å²) >= 11 is 9.16. The summed E-state index contributed by atoms with van der Waals surface area (Å²) in [6.45, 7) is 3.64. The molecule has 1 aliphatic rings. The minimum atomic E-state index is -0.0849. The molecular weight excluding hydrogens is 293 g/mol. The van der Waals surface area contributed by atoms with Gasteiger partial charge in [-0.25, -0.2) is 4.98 Å². The van der Waals surface area contributed by atoms with Crippen LogP contribution in [-0.2, 0) is 4.74 Å². The fourth-order valence-electron chi connectivity index (χ4n) is 1.75. The number of halogens is 2. The van der Waals surface area contributed by atoms with E-state index in [1.165, 1.54) is 0 Å². The van der Waals surface area contributed by atoms with Crippen LogP contribution in [0, 0.1) is 0 Å². The fourth-order valence-corrected chi connectivity index (χ4v) is 2.18. The minimum absolute atomic E-state index is 0.0849. The Hall–Kier alpha value is -0.390. The molecule has 0 saturated carbocycles. The summed E-state index contributed by atoms with van der Waals surface area (Å²) in [7, 11) is 0. The van der Waals surface area contributed by atoms with Gasteiger partial charge in [-0.1, -0.05) is 0 Å². The number of ether oxygens (including phenoxy) is 1. The lowest BCUT2D eigenvalue weighted by atomic mass is 9.95. The molecule has 16 heavy (non-hydrogen) atoms. The molecule has 0 amide bonds. The van der Waals surface area contributed by atoms with E-state index in [0.29, 0.717) is 12.4 Å². The Labute approximate surface area is 108 Å². The number of anilines is 1. The molecule has 88 valence electrons. The van der Waals surface area contributed by atoms with Gasteiger partial charge in [0.05, 0.1) is 16.6 Å². The van der Waals surface area contributed by atoms with Crippen molar-refractivity contribution in [2.24, 2.45) is 0 Å². The molecule has 0 spiro atoms. The highest BCUT2D eigenvalue weighted by atomic mass is 79.9. The van der Waals surface area contributed by atoms with E-state index in [0.717, 1.165) is 23.9 Å². The average molecular weight is 307 g/mol. The van der Waals surface area contributed by atoms with Gasteiger partial charge < -0.3 is 10.1 Å². The first-order valence-electron chi connectivity index (χ1n) is 5.13. The normalized spacial score (nSPS) is 25.4. The summed E-state index contributed by atoms with van der Waals surface area (Å²) in [6.07, 6.45) is 3.76. The summed E-state index contributed by atoms with van der Waals surface area (Å²) in [4.78, 5) is 8.04. The summed E-state index contributed by atoms with van der Waals surface area (Å²) in [5.74, 6) is 0.716. The van der Waals surface area contributed by atoms with Crippen molar-refractivity contribution in [1.29, 1.82) is 0 Å². The Balaban J connectivity index is 2.15. The third-order valence-corrected chi connectivity index (χ3v) is 3.34. The van der Waals surface area contributed by atoms with Crippen LogP contribution >= 0.6 is 27.5 Å². The van der Waals surface area contributed by atoms with Gasteiger partial charge in [-0.15, -0.1) is 0 Å². The molecule has 1 aromatic heterocycles. The van der Waals surface area contributed by atoms with Gasteiger partial charge in [0.15, 0.2) is 0 Å². The monoisotopic (exact) mass is 305 g/mol. The van der Waals surface area contributed by atoms with E-state index in [1.807, 2.05) is 0 Å². The van der Waals surface area contributed by atoms with Crippen LogP contribution in [0.1, 0.15) is 19.8 Å². The predicted octanol–water partition coefficient (Wildman–Crippen LogP) is 2.87. The molecule has 1 unspecified atom stereocenters. The molecule has 6 heteroatoms. The standard InChI is InChI=1S/C10H13BrClN3O/c1-10(3-2-4-16-6-10)15-8-7(11)5-13-9(12)14-8/h5H,2-4,6H2,1H3,(H,13,14,15). The van der Waals surface area contributed by atoms with Crippen molar-refractivity contribution >= 4 is 33.3 Å². The van der Waals surface area contributed by atoms with Gasteiger partial charge in [0.25, 0.3) is 0 Å². The van der Waals surface area contributed by atoms with Gasteiger partial charge in [-0.05, 0) is 47.3 Å². The Kier molecular flexibility index (Phi) is 3.66. The van der Waals surface area contributed by atoms with Crippen LogP contribution in [0.3, 0.4) is 0 Å². The first kappa shape index (κ1) is 12.1. The molecule has 2 heterocycles. The number of aromatic nitrogens is 2. The molecule has 0 bridgehead atoms. The predicted molar refractivity (Wildman–Crippen MR) is 66.8 cm³/mol. The number of hydrogen-bond acceptors (Lipinski definition) is 4. The third kappa shape index (κ3) is 2.84. The maximum Gasteiger partial charge on any atom is 0.224 e. The molecule has 0 radical (unpaired) electrons. The second kappa shape index (κ2) is 4.85. The van der Waals surface area contributed by atoms with Crippen molar-refractivity contribution in [1.82, 2.24) is 9.97 Å². The summed E-state index contributed by atoms with van der Waals surface area (Å²) in [6, 6.07) is 0. The van der Waals surface area contributed by atoms with Crippen molar-refractivity contribution in [2.75, 3.05) is 18.5 Å². The minimum Gasteiger partial charge on any atom is -0.379 e. The number of rotatable bonds is 2. The smallest absolute Gasteiger partial charge is 0.224 e. The molecule has 0 aromatic carbocycles. The van der Waals surface area contributed by atoms with Gasteiger partial charge in [-0.2, -0.15) is 4.98 Å². The number of nitrogens with zero attached hydrogens (tertiary/aromatic N) is 2. The highest BCUT2D eigenvalue weighted by molar-refractivity contribution is 9.10. The first-order chi connectivity index (χ1) is 7.59. The zero-order chi connectivity index (χ0) is 11.6. The van der Waals surface area contributed by atoms with Crippen LogP contribution < -0.4 is 5.32 Å². The average Bonchev–Trinajstić information content (AvgIpc) is 2.24. The largest absolute Gasteiger partial charge is 0.379 e. The van der Waals surface area contributed by atoms with Crippen molar-refractivity contribution in [2.45, 2.75) is 25.3 Å². The van der Waals surface area contributed by atoms with E-state index in [9.17, 15) is 0 Å². The van der Waals surface area contributed by atoms with Crippen LogP contribution in [0.5, 0.6) is 0 Å². The summed E-state index contributed by atoms with van der Waals surface area (Å²) < 4.78 is 6.28. The fraction of sp³-hybridized carbons (Fsp3) is 0.600. The quantitative estimate of drug-likeness (QED) is 0.854. The molecule has 1 atom stereocenters. The van der Waals surface area contributed by atoms with Gasteiger partial charge in [0, 0.05) is 12.8 Å². The van der Waals surface area contributed by atoms with E-state index >= 15 is 0 Å². The van der Waals surface area contributed by atoms with Gasteiger partial charge in [-0.3, -0.25) is 0 Å². The van der Waals surface area contributed by atoms with E-state index in [2.05, 4.69) is 38.1 Å². The van der Waals surface area contributed by atoms with Crippen LogP contribution in [0.15, 0.2) is 10.7 Å². The van der Waals surface area contributed by atoms with Gasteiger partial charge in [0.1, 0.15) is 5.82 Å². The second-order valence-electron chi connectivity index (χ2n) is 4.18. The zero-order valence-electron chi connectivity index (χ0n) is 8.96. The maximum absolute atomic E-state index is 5.77. The molecule has 2 rings (SSSR count). The lowest BCUT2D eigenvalue weighted by Crippen LogP contribution is -2.43. The topological polar surface area (TPSA) is 47.0 Å². The van der Waals surface area contributed by atoms with Crippen LogP contribution in [0.25, 0.3) is 0 Å². The van der Waals surface area contributed by atoms with Crippen LogP contribution in [0.2, 0.25) is 5.28 Å². The SMILES string of the molecule is CC1(Nc2nc(Cl)ncc2Br)CCCOC1.